The first-order chi connectivity index (χ1) is 9.69. The Morgan fingerprint density at radius 2 is 2.20 bits per heavy atom. The van der Waals surface area contributed by atoms with Crippen LogP contribution in [0.4, 0.5) is 0 Å². The minimum absolute atomic E-state index is 0.0200. The van der Waals surface area contributed by atoms with Crippen molar-refractivity contribution in [3.05, 3.63) is 30.2 Å². The second-order valence-corrected chi connectivity index (χ2v) is 4.39. The summed E-state index contributed by atoms with van der Waals surface area (Å²) in [4.78, 5) is 18.0. The minimum Gasteiger partial charge on any atom is -0.480 e. The highest BCUT2D eigenvalue weighted by atomic mass is 16.5. The summed E-state index contributed by atoms with van der Waals surface area (Å²) in [5.74, 6) is 0.565. The molecule has 2 N–H and O–H groups in total. The maximum Gasteiger partial charge on any atom is 0.260 e. The number of carbonyl (C=O) groups excluding carboxylic acids is 1. The zero-order valence-electron chi connectivity index (χ0n) is 11.9. The lowest BCUT2D eigenvalue weighted by Gasteiger charge is -2.18. The monoisotopic (exact) mass is 276 g/mol. The molecule has 0 aliphatic rings. The van der Waals surface area contributed by atoms with Gasteiger partial charge in [-0.15, -0.1) is 0 Å². The van der Waals surface area contributed by atoms with Gasteiger partial charge >= 0.3 is 0 Å². The lowest BCUT2D eigenvalue weighted by atomic mass is 10.4. The quantitative estimate of drug-likeness (QED) is 0.855. The van der Waals surface area contributed by atoms with Gasteiger partial charge in [0.25, 0.3) is 5.91 Å². The molecule has 2 aromatic rings. The van der Waals surface area contributed by atoms with Crippen molar-refractivity contribution < 1.29 is 9.53 Å². The summed E-state index contributed by atoms with van der Waals surface area (Å²) in [6.07, 6.45) is 3.73. The van der Waals surface area contributed by atoms with Crippen LogP contribution in [0.3, 0.4) is 0 Å². The molecular formula is C14H20N4O2. The van der Waals surface area contributed by atoms with E-state index in [1.807, 2.05) is 36.7 Å². The summed E-state index contributed by atoms with van der Waals surface area (Å²) in [6.45, 7) is 5.66. The number of rotatable bonds is 6. The van der Waals surface area contributed by atoms with Crippen molar-refractivity contribution in [3.8, 4) is 5.75 Å². The molecule has 6 heteroatoms. The second kappa shape index (κ2) is 6.38. The van der Waals surface area contributed by atoms with E-state index in [-0.39, 0.29) is 12.5 Å². The topological polar surface area (TPSA) is 72.9 Å². The number of carbonyl (C=O) groups is 1. The molecule has 6 nitrogen and oxygen atoms in total. The molecule has 0 spiro atoms. The molecule has 0 fully saturated rings. The van der Waals surface area contributed by atoms with Crippen molar-refractivity contribution in [1.29, 1.82) is 0 Å². The van der Waals surface area contributed by atoms with E-state index in [0.29, 0.717) is 31.0 Å². The summed E-state index contributed by atoms with van der Waals surface area (Å²) in [6, 6.07) is 3.66. The molecule has 0 aliphatic heterocycles. The van der Waals surface area contributed by atoms with Crippen LogP contribution in [0.2, 0.25) is 0 Å². The molecule has 2 heterocycles. The van der Waals surface area contributed by atoms with Gasteiger partial charge in [-0.25, -0.2) is 4.98 Å². The van der Waals surface area contributed by atoms with Crippen LogP contribution in [0.1, 0.15) is 19.5 Å². The molecule has 2 rings (SSSR count). The number of aromatic nitrogens is 2. The van der Waals surface area contributed by atoms with Crippen molar-refractivity contribution in [1.82, 2.24) is 14.3 Å². The molecular weight excluding hydrogens is 256 g/mol. The molecule has 0 bridgehead atoms. The van der Waals surface area contributed by atoms with Crippen LogP contribution in [-0.2, 0) is 11.3 Å². The second-order valence-electron chi connectivity index (χ2n) is 4.39. The number of fused-ring (bicyclic) bond motifs is 1. The summed E-state index contributed by atoms with van der Waals surface area (Å²) in [5.41, 5.74) is 7.05. The molecule has 1 amide bonds. The highest BCUT2D eigenvalue weighted by Crippen LogP contribution is 2.18. The number of nitrogens with two attached hydrogens (primary N) is 1. The molecule has 2 aromatic heterocycles. The van der Waals surface area contributed by atoms with E-state index in [0.717, 1.165) is 5.69 Å². The van der Waals surface area contributed by atoms with Gasteiger partial charge in [0, 0.05) is 32.0 Å². The van der Waals surface area contributed by atoms with E-state index in [1.54, 1.807) is 11.0 Å². The van der Waals surface area contributed by atoms with E-state index in [4.69, 9.17) is 10.5 Å². The molecule has 0 atom stereocenters. The number of likely N-dealkylation sites (N-methyl/N-ethyl adjacent to an activating group) is 1. The van der Waals surface area contributed by atoms with Crippen LogP contribution in [0.5, 0.6) is 5.75 Å². The average Bonchev–Trinajstić information content (AvgIpc) is 2.90. The Hall–Kier alpha value is -2.08. The van der Waals surface area contributed by atoms with Gasteiger partial charge in [0.2, 0.25) is 0 Å². The normalized spacial score (nSPS) is 10.8. The van der Waals surface area contributed by atoms with E-state index in [1.165, 1.54) is 0 Å². The molecule has 0 unspecified atom stereocenters. The third kappa shape index (κ3) is 2.91. The fourth-order valence-corrected chi connectivity index (χ4v) is 2.06. The number of imidazole rings is 1. The van der Waals surface area contributed by atoms with E-state index in [2.05, 4.69) is 4.98 Å². The first-order valence-electron chi connectivity index (χ1n) is 6.76. The van der Waals surface area contributed by atoms with Crippen LogP contribution in [0, 0.1) is 0 Å². The number of hydrogen-bond acceptors (Lipinski definition) is 4. The Bertz CT molecular complexity index is 590. The van der Waals surface area contributed by atoms with Gasteiger partial charge in [-0.05, 0) is 26.0 Å². The SMILES string of the molecule is CCN(CC)C(=O)COc1cccn2cc(CN)nc12. The van der Waals surface area contributed by atoms with Crippen LogP contribution in [-0.4, -0.2) is 39.9 Å². The van der Waals surface area contributed by atoms with Crippen molar-refractivity contribution in [3.63, 3.8) is 0 Å². The third-order valence-electron chi connectivity index (χ3n) is 3.17. The van der Waals surface area contributed by atoms with Crippen molar-refractivity contribution in [2.24, 2.45) is 5.73 Å². The predicted molar refractivity (Wildman–Crippen MR) is 76.5 cm³/mol. The maximum atomic E-state index is 11.9. The fraction of sp³-hybridized carbons (Fsp3) is 0.429. The van der Waals surface area contributed by atoms with Crippen molar-refractivity contribution >= 4 is 11.6 Å². The van der Waals surface area contributed by atoms with Crippen LogP contribution >= 0.6 is 0 Å². The fourth-order valence-electron chi connectivity index (χ4n) is 2.06. The minimum atomic E-state index is -0.0254. The van der Waals surface area contributed by atoms with Gasteiger partial charge in [0.05, 0.1) is 5.69 Å². The molecule has 20 heavy (non-hydrogen) atoms. The standard InChI is InChI=1S/C14H20N4O2/c1-3-17(4-2)13(19)10-20-12-6-5-7-18-9-11(8-15)16-14(12)18/h5-7,9H,3-4,8,10,15H2,1-2H3. The highest BCUT2D eigenvalue weighted by molar-refractivity contribution is 5.78. The Labute approximate surface area is 118 Å². The molecule has 0 saturated heterocycles. The number of hydrogen-bond donors (Lipinski definition) is 1. The van der Waals surface area contributed by atoms with Gasteiger partial charge in [0.15, 0.2) is 18.0 Å². The van der Waals surface area contributed by atoms with Gasteiger partial charge in [0.1, 0.15) is 0 Å². The summed E-state index contributed by atoms with van der Waals surface area (Å²) < 4.78 is 7.45. The molecule has 0 aromatic carbocycles. The zero-order valence-corrected chi connectivity index (χ0v) is 11.9. The van der Waals surface area contributed by atoms with E-state index < -0.39 is 0 Å². The zero-order chi connectivity index (χ0) is 14.5. The van der Waals surface area contributed by atoms with Gasteiger partial charge < -0.3 is 19.8 Å². The lowest BCUT2D eigenvalue weighted by molar-refractivity contribution is -0.132. The number of amides is 1. The molecule has 0 aliphatic carbocycles. The lowest BCUT2D eigenvalue weighted by Crippen LogP contribution is -2.34. The third-order valence-corrected chi connectivity index (χ3v) is 3.17. The maximum absolute atomic E-state index is 11.9. The molecule has 0 radical (unpaired) electrons. The largest absolute Gasteiger partial charge is 0.480 e. The summed E-state index contributed by atoms with van der Waals surface area (Å²) >= 11 is 0. The van der Waals surface area contributed by atoms with Crippen LogP contribution in [0.15, 0.2) is 24.5 Å². The van der Waals surface area contributed by atoms with E-state index >= 15 is 0 Å². The Balaban J connectivity index is 2.13. The predicted octanol–water partition coefficient (Wildman–Crippen LogP) is 1.04. The summed E-state index contributed by atoms with van der Waals surface area (Å²) in [5, 5.41) is 0. The van der Waals surface area contributed by atoms with E-state index in [9.17, 15) is 4.79 Å². The Morgan fingerprint density at radius 1 is 1.45 bits per heavy atom. The average molecular weight is 276 g/mol. The molecule has 108 valence electrons. The van der Waals surface area contributed by atoms with Gasteiger partial charge in [-0.3, -0.25) is 4.79 Å². The van der Waals surface area contributed by atoms with Crippen molar-refractivity contribution in [2.45, 2.75) is 20.4 Å². The van der Waals surface area contributed by atoms with Crippen LogP contribution < -0.4 is 10.5 Å². The Morgan fingerprint density at radius 3 is 2.85 bits per heavy atom. The molecule has 0 saturated carbocycles. The smallest absolute Gasteiger partial charge is 0.260 e. The number of ether oxygens (including phenoxy) is 1. The van der Waals surface area contributed by atoms with Gasteiger partial charge in [-0.2, -0.15) is 0 Å². The Kier molecular flexibility index (Phi) is 4.57. The summed E-state index contributed by atoms with van der Waals surface area (Å²) in [7, 11) is 0. The van der Waals surface area contributed by atoms with Crippen molar-refractivity contribution in [2.75, 3.05) is 19.7 Å². The first kappa shape index (κ1) is 14.3. The van der Waals surface area contributed by atoms with Gasteiger partial charge in [-0.1, -0.05) is 0 Å². The first-order valence-corrected chi connectivity index (χ1v) is 6.76. The highest BCUT2D eigenvalue weighted by Gasteiger charge is 2.12. The van der Waals surface area contributed by atoms with Crippen LogP contribution in [0.25, 0.3) is 5.65 Å². The number of nitrogens with zero attached hydrogens (tertiary/aromatic N) is 3. The number of pyridine rings is 1.